The normalized spacial score (nSPS) is 17.0. The summed E-state index contributed by atoms with van der Waals surface area (Å²) in [5.74, 6) is 0. The maximum Gasteiger partial charge on any atom is 0.416 e. The van der Waals surface area contributed by atoms with Gasteiger partial charge >= 0.3 is 6.18 Å². The summed E-state index contributed by atoms with van der Waals surface area (Å²) in [6.45, 7) is 3.40. The summed E-state index contributed by atoms with van der Waals surface area (Å²) in [6, 6.07) is 4.02. The molecule has 1 heterocycles. The molecule has 1 aliphatic rings. The second-order valence-corrected chi connectivity index (χ2v) is 4.03. The number of halogens is 3. The van der Waals surface area contributed by atoms with Gasteiger partial charge in [-0.1, -0.05) is 6.07 Å². The molecule has 2 N–H and O–H groups in total. The number of nitrogens with one attached hydrogen (secondary N) is 2. The molecule has 0 aliphatic carbocycles. The molecule has 1 aliphatic heterocycles. The highest BCUT2D eigenvalue weighted by molar-refractivity contribution is 5.54. The van der Waals surface area contributed by atoms with Crippen LogP contribution >= 0.6 is 0 Å². The minimum Gasteiger partial charge on any atom is -0.380 e. The monoisotopic (exact) mass is 230 g/mol. The summed E-state index contributed by atoms with van der Waals surface area (Å²) in [6.07, 6.45) is -4.28. The van der Waals surface area contributed by atoms with Crippen molar-refractivity contribution in [3.05, 3.63) is 29.3 Å². The van der Waals surface area contributed by atoms with Gasteiger partial charge in [0.1, 0.15) is 0 Å². The number of hydrogen-bond donors (Lipinski definition) is 2. The third-order valence-corrected chi connectivity index (χ3v) is 2.71. The molecule has 2 nitrogen and oxygen atoms in total. The highest BCUT2D eigenvalue weighted by atomic mass is 19.4. The minimum atomic E-state index is -4.28. The van der Waals surface area contributed by atoms with E-state index in [1.165, 1.54) is 12.1 Å². The van der Waals surface area contributed by atoms with Crippen LogP contribution in [-0.2, 0) is 6.18 Å². The Morgan fingerprint density at radius 1 is 1.31 bits per heavy atom. The predicted octanol–water partition coefficient (Wildman–Crippen LogP) is 2.40. The number of aryl methyl sites for hydroxylation is 1. The Hall–Kier alpha value is -1.23. The summed E-state index contributed by atoms with van der Waals surface area (Å²) in [5.41, 5.74) is 0.800. The van der Waals surface area contributed by atoms with Gasteiger partial charge < -0.3 is 10.6 Å². The Morgan fingerprint density at radius 2 is 2.00 bits per heavy atom. The average molecular weight is 230 g/mol. The van der Waals surface area contributed by atoms with Crippen molar-refractivity contribution in [1.29, 1.82) is 0 Å². The molecule has 1 aromatic rings. The van der Waals surface area contributed by atoms with E-state index in [4.69, 9.17) is 0 Å². The molecule has 88 valence electrons. The average Bonchev–Trinajstić information content (AvgIpc) is 2.11. The first-order valence-corrected chi connectivity index (χ1v) is 5.12. The smallest absolute Gasteiger partial charge is 0.380 e. The molecule has 0 spiro atoms. The first-order chi connectivity index (χ1) is 7.47. The molecular formula is C11H13F3N2. The largest absolute Gasteiger partial charge is 0.416 e. The van der Waals surface area contributed by atoms with E-state index in [-0.39, 0.29) is 6.04 Å². The molecule has 0 saturated carbocycles. The van der Waals surface area contributed by atoms with Gasteiger partial charge in [-0.3, -0.25) is 0 Å². The van der Waals surface area contributed by atoms with Gasteiger partial charge in [-0.15, -0.1) is 0 Å². The van der Waals surface area contributed by atoms with Gasteiger partial charge in [0.25, 0.3) is 0 Å². The number of rotatable bonds is 2. The van der Waals surface area contributed by atoms with Crippen molar-refractivity contribution in [3.8, 4) is 0 Å². The van der Waals surface area contributed by atoms with Gasteiger partial charge in [-0.05, 0) is 24.6 Å². The van der Waals surface area contributed by atoms with Gasteiger partial charge in [0.05, 0.1) is 11.6 Å². The van der Waals surface area contributed by atoms with E-state index in [0.717, 1.165) is 24.7 Å². The van der Waals surface area contributed by atoms with Gasteiger partial charge in [0.2, 0.25) is 0 Å². The van der Waals surface area contributed by atoms with Crippen molar-refractivity contribution >= 4 is 5.69 Å². The number of hydrogen-bond acceptors (Lipinski definition) is 2. The van der Waals surface area contributed by atoms with E-state index >= 15 is 0 Å². The van der Waals surface area contributed by atoms with Crippen LogP contribution in [0, 0.1) is 6.92 Å². The lowest BCUT2D eigenvalue weighted by Gasteiger charge is -2.30. The van der Waals surface area contributed by atoms with Crippen LogP contribution in [-0.4, -0.2) is 19.1 Å². The quantitative estimate of drug-likeness (QED) is 0.815. The third-order valence-electron chi connectivity index (χ3n) is 2.71. The first-order valence-electron chi connectivity index (χ1n) is 5.12. The fraction of sp³-hybridized carbons (Fsp3) is 0.455. The minimum absolute atomic E-state index is 0.238. The highest BCUT2D eigenvalue weighted by Crippen LogP contribution is 2.32. The van der Waals surface area contributed by atoms with Crippen molar-refractivity contribution in [2.24, 2.45) is 0 Å². The molecule has 16 heavy (non-hydrogen) atoms. The lowest BCUT2D eigenvalue weighted by Crippen LogP contribution is -2.51. The molecule has 1 fully saturated rings. The van der Waals surface area contributed by atoms with Crippen molar-refractivity contribution in [2.45, 2.75) is 19.1 Å². The SMILES string of the molecule is Cc1ccc(C(F)(F)F)cc1NC1CNC1. The molecular weight excluding hydrogens is 217 g/mol. The maximum absolute atomic E-state index is 12.5. The zero-order valence-electron chi connectivity index (χ0n) is 8.86. The molecule has 0 unspecified atom stereocenters. The molecule has 0 amide bonds. The fourth-order valence-electron chi connectivity index (χ4n) is 1.56. The van der Waals surface area contributed by atoms with E-state index in [1.54, 1.807) is 6.92 Å². The Balaban J connectivity index is 2.21. The van der Waals surface area contributed by atoms with Crippen molar-refractivity contribution < 1.29 is 13.2 Å². The zero-order chi connectivity index (χ0) is 11.8. The Bertz CT molecular complexity index is 383. The lowest BCUT2D eigenvalue weighted by molar-refractivity contribution is -0.137. The van der Waals surface area contributed by atoms with Crippen LogP contribution in [0.25, 0.3) is 0 Å². The second kappa shape index (κ2) is 3.97. The van der Waals surface area contributed by atoms with Crippen LogP contribution in [0.3, 0.4) is 0 Å². The van der Waals surface area contributed by atoms with Crippen LogP contribution in [0.15, 0.2) is 18.2 Å². The molecule has 1 saturated heterocycles. The first kappa shape index (κ1) is 11.3. The second-order valence-electron chi connectivity index (χ2n) is 4.03. The maximum atomic E-state index is 12.5. The van der Waals surface area contributed by atoms with Crippen molar-refractivity contribution in [3.63, 3.8) is 0 Å². The van der Waals surface area contributed by atoms with E-state index in [2.05, 4.69) is 10.6 Å². The number of alkyl halides is 3. The molecule has 0 aromatic heterocycles. The fourth-order valence-corrected chi connectivity index (χ4v) is 1.56. The molecule has 0 atom stereocenters. The highest BCUT2D eigenvalue weighted by Gasteiger charge is 2.31. The van der Waals surface area contributed by atoms with E-state index in [0.29, 0.717) is 5.69 Å². The standard InChI is InChI=1S/C11H13F3N2/c1-7-2-3-8(11(12,13)14)4-10(7)16-9-5-15-6-9/h2-4,9,15-16H,5-6H2,1H3. The van der Waals surface area contributed by atoms with E-state index in [1.807, 2.05) is 0 Å². The van der Waals surface area contributed by atoms with Crippen LogP contribution in [0.1, 0.15) is 11.1 Å². The van der Waals surface area contributed by atoms with Crippen molar-refractivity contribution in [1.82, 2.24) is 5.32 Å². The van der Waals surface area contributed by atoms with Crippen LogP contribution < -0.4 is 10.6 Å². The summed E-state index contributed by atoms with van der Waals surface area (Å²) in [7, 11) is 0. The summed E-state index contributed by atoms with van der Waals surface area (Å²) in [4.78, 5) is 0. The van der Waals surface area contributed by atoms with Crippen LogP contribution in [0.2, 0.25) is 0 Å². The van der Waals surface area contributed by atoms with Gasteiger partial charge in [-0.25, -0.2) is 0 Å². The summed E-state index contributed by atoms with van der Waals surface area (Å²) >= 11 is 0. The van der Waals surface area contributed by atoms with E-state index < -0.39 is 11.7 Å². The molecule has 0 bridgehead atoms. The molecule has 0 radical (unpaired) electrons. The Labute approximate surface area is 91.8 Å². The Morgan fingerprint density at radius 3 is 2.50 bits per heavy atom. The van der Waals surface area contributed by atoms with Gasteiger partial charge in [0.15, 0.2) is 0 Å². The predicted molar refractivity (Wildman–Crippen MR) is 56.5 cm³/mol. The summed E-state index contributed by atoms with van der Waals surface area (Å²) < 4.78 is 37.5. The van der Waals surface area contributed by atoms with Gasteiger partial charge in [-0.2, -0.15) is 13.2 Å². The summed E-state index contributed by atoms with van der Waals surface area (Å²) in [5, 5.41) is 6.16. The lowest BCUT2D eigenvalue weighted by atomic mass is 10.1. The number of anilines is 1. The number of benzene rings is 1. The van der Waals surface area contributed by atoms with Gasteiger partial charge in [0, 0.05) is 18.8 Å². The third kappa shape index (κ3) is 2.29. The zero-order valence-corrected chi connectivity index (χ0v) is 8.86. The van der Waals surface area contributed by atoms with Crippen LogP contribution in [0.4, 0.5) is 18.9 Å². The van der Waals surface area contributed by atoms with E-state index in [9.17, 15) is 13.2 Å². The topological polar surface area (TPSA) is 24.1 Å². The van der Waals surface area contributed by atoms with Crippen LogP contribution in [0.5, 0.6) is 0 Å². The molecule has 5 heteroatoms. The van der Waals surface area contributed by atoms with Crippen molar-refractivity contribution in [2.75, 3.05) is 18.4 Å². The molecule has 1 aromatic carbocycles. The Kier molecular flexibility index (Phi) is 2.80. The molecule has 2 rings (SSSR count).